The summed E-state index contributed by atoms with van der Waals surface area (Å²) < 4.78 is 4.90. The Labute approximate surface area is 290 Å². The van der Waals surface area contributed by atoms with Gasteiger partial charge < -0.3 is 13.8 Å². The summed E-state index contributed by atoms with van der Waals surface area (Å²) in [5.74, 6) is 0. The number of aromatic amines is 1. The normalized spacial score (nSPS) is 12.7. The molecule has 234 valence electrons. The lowest BCUT2D eigenvalue weighted by Gasteiger charge is -2.06. The van der Waals surface area contributed by atoms with Gasteiger partial charge in [-0.05, 0) is 95.1 Å². The molecule has 0 aliphatic heterocycles. The van der Waals surface area contributed by atoms with E-state index in [4.69, 9.17) is 0 Å². The molecular formula is C48H27N3. The van der Waals surface area contributed by atoms with E-state index >= 15 is 0 Å². The fourth-order valence-electron chi connectivity index (χ4n) is 9.49. The van der Waals surface area contributed by atoms with Crippen molar-refractivity contribution in [1.29, 1.82) is 0 Å². The minimum atomic E-state index is 1.16. The Balaban J connectivity index is 1.04. The summed E-state index contributed by atoms with van der Waals surface area (Å²) in [6, 6.07) is 58.7. The third-order valence-corrected chi connectivity index (χ3v) is 11.7. The van der Waals surface area contributed by atoms with Gasteiger partial charge in [0.15, 0.2) is 0 Å². The van der Waals surface area contributed by atoms with E-state index in [1.165, 1.54) is 109 Å². The third kappa shape index (κ3) is 3.20. The van der Waals surface area contributed by atoms with E-state index in [9.17, 15) is 0 Å². The maximum atomic E-state index is 3.72. The average molecular weight is 646 g/mol. The largest absolute Gasteiger partial charge is 0.355 e. The molecular weight excluding hydrogens is 619 g/mol. The maximum absolute atomic E-state index is 3.72. The topological polar surface area (TPSA) is 24.6 Å². The molecule has 1 N–H and O–H groups in total. The van der Waals surface area contributed by atoms with Crippen molar-refractivity contribution in [2.45, 2.75) is 0 Å². The van der Waals surface area contributed by atoms with E-state index in [1.807, 2.05) is 0 Å². The van der Waals surface area contributed by atoms with Crippen molar-refractivity contribution < 1.29 is 0 Å². The smallest absolute Gasteiger partial charge is 0.0620 e. The van der Waals surface area contributed by atoms with Crippen LogP contribution in [0, 0.1) is 0 Å². The summed E-state index contributed by atoms with van der Waals surface area (Å²) in [6.07, 6.45) is 0. The molecule has 13 aromatic rings. The molecule has 51 heavy (non-hydrogen) atoms. The van der Waals surface area contributed by atoms with Crippen LogP contribution >= 0.6 is 0 Å². The molecule has 0 saturated heterocycles. The molecule has 3 nitrogen and oxygen atoms in total. The number of para-hydroxylation sites is 4. The zero-order valence-corrected chi connectivity index (χ0v) is 27.4. The highest BCUT2D eigenvalue weighted by Crippen LogP contribution is 2.44. The van der Waals surface area contributed by atoms with Gasteiger partial charge in [0, 0.05) is 64.9 Å². The number of nitrogens with one attached hydrogen (secondary N) is 1. The van der Waals surface area contributed by atoms with Crippen LogP contribution < -0.4 is 0 Å². The van der Waals surface area contributed by atoms with Crippen LogP contribution in [0.3, 0.4) is 0 Å². The summed E-state index contributed by atoms with van der Waals surface area (Å²) in [5, 5.41) is 12.9. The van der Waals surface area contributed by atoms with Crippen LogP contribution in [-0.2, 0) is 0 Å². The van der Waals surface area contributed by atoms with Crippen molar-refractivity contribution in [3.8, 4) is 22.3 Å². The highest BCUT2D eigenvalue weighted by molar-refractivity contribution is 6.26. The van der Waals surface area contributed by atoms with Crippen molar-refractivity contribution in [1.82, 2.24) is 13.8 Å². The first-order valence-electron chi connectivity index (χ1n) is 17.7. The first-order valence-corrected chi connectivity index (χ1v) is 17.7. The van der Waals surface area contributed by atoms with Gasteiger partial charge in [0.2, 0.25) is 0 Å². The van der Waals surface area contributed by atoms with Crippen LogP contribution in [0.25, 0.3) is 120 Å². The number of fused-ring (bicyclic) bond motifs is 15. The van der Waals surface area contributed by atoms with E-state index < -0.39 is 0 Å². The SMILES string of the molecule is c1ccc2c(c1)c1cc(-c3ccc4[nH]c5ccc(-c6cc7c8ccccc8n8c9ccccc9c(c6)c78)cc5c4c3)cc3c4ccccc4n2c13. The first kappa shape index (κ1) is 26.1. The predicted octanol–water partition coefficient (Wildman–Crippen LogP) is 13.0. The molecule has 5 heterocycles. The van der Waals surface area contributed by atoms with Crippen LogP contribution in [0.5, 0.6) is 0 Å². The third-order valence-electron chi connectivity index (χ3n) is 11.7. The molecule has 0 spiro atoms. The zero-order chi connectivity index (χ0) is 32.9. The lowest BCUT2D eigenvalue weighted by Crippen LogP contribution is -1.81. The summed E-state index contributed by atoms with van der Waals surface area (Å²) in [6.45, 7) is 0. The molecule has 0 amide bonds. The van der Waals surface area contributed by atoms with Gasteiger partial charge in [-0.1, -0.05) is 84.9 Å². The highest BCUT2D eigenvalue weighted by atomic mass is 14.9. The Morgan fingerprint density at radius 2 is 0.588 bits per heavy atom. The summed E-state index contributed by atoms with van der Waals surface area (Å²) in [4.78, 5) is 3.72. The number of rotatable bonds is 2. The number of benzene rings is 8. The van der Waals surface area contributed by atoms with Gasteiger partial charge in [-0.2, -0.15) is 0 Å². The molecule has 0 saturated carbocycles. The van der Waals surface area contributed by atoms with Crippen molar-refractivity contribution >= 4 is 98.0 Å². The summed E-state index contributed by atoms with van der Waals surface area (Å²) in [5.41, 5.74) is 14.9. The van der Waals surface area contributed by atoms with E-state index in [1.54, 1.807) is 0 Å². The number of hydrogen-bond acceptors (Lipinski definition) is 0. The molecule has 13 rings (SSSR count). The Hall–Kier alpha value is -6.84. The average Bonchev–Trinajstić information content (AvgIpc) is 3.98. The lowest BCUT2D eigenvalue weighted by molar-refractivity contribution is 1.37. The molecule has 0 atom stereocenters. The van der Waals surface area contributed by atoms with Gasteiger partial charge in [0.1, 0.15) is 0 Å². The Kier molecular flexibility index (Phi) is 4.62. The van der Waals surface area contributed by atoms with Gasteiger partial charge in [0.05, 0.1) is 33.1 Å². The Bertz CT molecular complexity index is 3190. The second kappa shape index (κ2) is 9.03. The van der Waals surface area contributed by atoms with Crippen LogP contribution in [0.2, 0.25) is 0 Å². The summed E-state index contributed by atoms with van der Waals surface area (Å²) >= 11 is 0. The molecule has 5 aromatic heterocycles. The monoisotopic (exact) mass is 645 g/mol. The molecule has 0 aliphatic rings. The molecule has 0 radical (unpaired) electrons. The van der Waals surface area contributed by atoms with E-state index in [2.05, 4.69) is 172 Å². The highest BCUT2D eigenvalue weighted by Gasteiger charge is 2.20. The van der Waals surface area contributed by atoms with Crippen LogP contribution in [0.4, 0.5) is 0 Å². The van der Waals surface area contributed by atoms with Crippen LogP contribution in [0.1, 0.15) is 0 Å². The standard InChI is InChI=1S/C48H27N3/c1-5-13-43-31(9-1)37-23-29(24-38-32-10-2-6-14-44(32)50(43)47(37)38)27-17-19-41-35(21-27)36-22-28(18-20-42(36)49-41)30-25-39-33-11-3-7-15-45(33)51-46-16-8-4-12-34(46)40(26-30)48(39)51/h1-26,49H. The van der Waals surface area contributed by atoms with E-state index in [-0.39, 0.29) is 0 Å². The number of nitrogens with zero attached hydrogens (tertiary/aromatic N) is 2. The minimum absolute atomic E-state index is 1.16. The minimum Gasteiger partial charge on any atom is -0.355 e. The lowest BCUT2D eigenvalue weighted by atomic mass is 9.96. The van der Waals surface area contributed by atoms with Gasteiger partial charge in [-0.3, -0.25) is 0 Å². The number of hydrogen-bond donors (Lipinski definition) is 1. The molecule has 0 fully saturated rings. The quantitative estimate of drug-likeness (QED) is 0.194. The fourth-order valence-corrected chi connectivity index (χ4v) is 9.49. The second-order valence-corrected chi connectivity index (χ2v) is 14.2. The van der Waals surface area contributed by atoms with Crippen molar-refractivity contribution in [3.05, 3.63) is 158 Å². The first-order chi connectivity index (χ1) is 25.3. The van der Waals surface area contributed by atoms with Crippen LogP contribution in [0.15, 0.2) is 158 Å². The zero-order valence-electron chi connectivity index (χ0n) is 27.4. The van der Waals surface area contributed by atoms with Gasteiger partial charge in [0.25, 0.3) is 0 Å². The van der Waals surface area contributed by atoms with Crippen molar-refractivity contribution in [3.63, 3.8) is 0 Å². The number of H-pyrrole nitrogens is 1. The molecule has 8 aromatic carbocycles. The van der Waals surface area contributed by atoms with Crippen molar-refractivity contribution in [2.75, 3.05) is 0 Å². The second-order valence-electron chi connectivity index (χ2n) is 14.2. The summed E-state index contributed by atoms with van der Waals surface area (Å²) in [7, 11) is 0. The predicted molar refractivity (Wildman–Crippen MR) is 216 cm³/mol. The molecule has 0 bridgehead atoms. The van der Waals surface area contributed by atoms with Gasteiger partial charge in [-0.25, -0.2) is 0 Å². The van der Waals surface area contributed by atoms with E-state index in [0.717, 1.165) is 11.0 Å². The van der Waals surface area contributed by atoms with Crippen molar-refractivity contribution in [2.24, 2.45) is 0 Å². The van der Waals surface area contributed by atoms with Crippen LogP contribution in [-0.4, -0.2) is 13.8 Å². The number of aromatic nitrogens is 3. The fraction of sp³-hybridized carbons (Fsp3) is 0. The Morgan fingerprint density at radius 1 is 0.275 bits per heavy atom. The van der Waals surface area contributed by atoms with Gasteiger partial charge >= 0.3 is 0 Å². The Morgan fingerprint density at radius 3 is 0.941 bits per heavy atom. The molecule has 0 unspecified atom stereocenters. The molecule has 3 heteroatoms. The van der Waals surface area contributed by atoms with Gasteiger partial charge in [-0.15, -0.1) is 0 Å². The van der Waals surface area contributed by atoms with E-state index in [0.29, 0.717) is 0 Å². The maximum Gasteiger partial charge on any atom is 0.0620 e. The molecule has 0 aliphatic carbocycles.